The van der Waals surface area contributed by atoms with E-state index in [-0.39, 0.29) is 5.91 Å². The molecule has 0 atom stereocenters. The summed E-state index contributed by atoms with van der Waals surface area (Å²) in [6.45, 7) is 1.88. The van der Waals surface area contributed by atoms with E-state index in [0.29, 0.717) is 11.3 Å². The maximum Gasteiger partial charge on any atom is 0.260 e. The van der Waals surface area contributed by atoms with Crippen LogP contribution in [-0.2, 0) is 0 Å². The minimum Gasteiger partial charge on any atom is -0.398 e. The van der Waals surface area contributed by atoms with Crippen molar-refractivity contribution in [3.05, 3.63) is 53.9 Å². The summed E-state index contributed by atoms with van der Waals surface area (Å²) >= 11 is 0. The number of aryl methyl sites for hydroxylation is 1. The van der Waals surface area contributed by atoms with E-state index in [9.17, 15) is 4.79 Å². The fourth-order valence-electron chi connectivity index (χ4n) is 1.84. The van der Waals surface area contributed by atoms with Crippen LogP contribution < -0.4 is 10.6 Å². The molecule has 0 unspecified atom stereocenters. The predicted octanol–water partition coefficient (Wildman–Crippen LogP) is 2.25. The number of aromatic nitrogens is 1. The Kier molecular flexibility index (Phi) is 3.28. The molecule has 0 radical (unpaired) electrons. The minimum absolute atomic E-state index is 0.114. The summed E-state index contributed by atoms with van der Waals surface area (Å²) in [5.41, 5.74) is 8.60. The number of nitrogens with zero attached hydrogens (tertiary/aromatic N) is 2. The van der Waals surface area contributed by atoms with Gasteiger partial charge in [0.2, 0.25) is 0 Å². The van der Waals surface area contributed by atoms with Gasteiger partial charge in [-0.05, 0) is 30.7 Å². The topological polar surface area (TPSA) is 59.2 Å². The van der Waals surface area contributed by atoms with E-state index < -0.39 is 0 Å². The van der Waals surface area contributed by atoms with Crippen molar-refractivity contribution in [2.24, 2.45) is 0 Å². The second-order valence-corrected chi connectivity index (χ2v) is 4.11. The van der Waals surface area contributed by atoms with Crippen molar-refractivity contribution >= 4 is 17.3 Å². The third kappa shape index (κ3) is 2.18. The van der Waals surface area contributed by atoms with Crippen LogP contribution in [0.3, 0.4) is 0 Å². The van der Waals surface area contributed by atoms with Gasteiger partial charge in [-0.2, -0.15) is 0 Å². The van der Waals surface area contributed by atoms with Crippen molar-refractivity contribution in [2.75, 3.05) is 17.7 Å². The molecule has 0 bridgehead atoms. The number of pyridine rings is 1. The zero-order chi connectivity index (χ0) is 13.1. The lowest BCUT2D eigenvalue weighted by atomic mass is 10.1. The van der Waals surface area contributed by atoms with Crippen molar-refractivity contribution in [1.29, 1.82) is 0 Å². The van der Waals surface area contributed by atoms with Gasteiger partial charge in [0.25, 0.3) is 5.91 Å². The van der Waals surface area contributed by atoms with Gasteiger partial charge in [0.15, 0.2) is 0 Å². The van der Waals surface area contributed by atoms with Gasteiger partial charge in [0.1, 0.15) is 0 Å². The Morgan fingerprint density at radius 3 is 2.50 bits per heavy atom. The summed E-state index contributed by atoms with van der Waals surface area (Å²) < 4.78 is 0. The molecule has 0 aliphatic rings. The molecule has 4 nitrogen and oxygen atoms in total. The molecule has 18 heavy (non-hydrogen) atoms. The largest absolute Gasteiger partial charge is 0.398 e. The van der Waals surface area contributed by atoms with E-state index in [1.807, 2.05) is 19.1 Å². The summed E-state index contributed by atoms with van der Waals surface area (Å²) in [6.07, 6.45) is 3.31. The van der Waals surface area contributed by atoms with Crippen molar-refractivity contribution in [2.45, 2.75) is 6.92 Å². The van der Waals surface area contributed by atoms with Crippen LogP contribution >= 0.6 is 0 Å². The van der Waals surface area contributed by atoms with Gasteiger partial charge in [0, 0.05) is 30.8 Å². The zero-order valence-electron chi connectivity index (χ0n) is 10.4. The number of benzene rings is 1. The molecule has 1 aromatic carbocycles. The molecule has 1 heterocycles. The third-order valence-corrected chi connectivity index (χ3v) is 2.87. The lowest BCUT2D eigenvalue weighted by Gasteiger charge is -2.19. The standard InChI is InChI=1S/C14H15N3O/c1-10-4-3-5-12(15)13(10)14(18)17(2)11-6-8-16-9-7-11/h3-9H,15H2,1-2H3. The van der Waals surface area contributed by atoms with E-state index in [1.165, 1.54) is 0 Å². The first-order valence-electron chi connectivity index (χ1n) is 5.64. The Morgan fingerprint density at radius 2 is 1.89 bits per heavy atom. The summed E-state index contributed by atoms with van der Waals surface area (Å²) in [5.74, 6) is -0.114. The number of nitrogens with two attached hydrogens (primary N) is 1. The first kappa shape index (κ1) is 12.1. The zero-order valence-corrected chi connectivity index (χ0v) is 10.4. The Balaban J connectivity index is 2.38. The molecule has 0 saturated carbocycles. The Hall–Kier alpha value is -2.36. The van der Waals surface area contributed by atoms with Crippen LogP contribution in [0, 0.1) is 6.92 Å². The predicted molar refractivity (Wildman–Crippen MR) is 72.6 cm³/mol. The van der Waals surface area contributed by atoms with Crippen LogP contribution in [-0.4, -0.2) is 17.9 Å². The molecule has 2 aromatic rings. The minimum atomic E-state index is -0.114. The van der Waals surface area contributed by atoms with E-state index >= 15 is 0 Å². The number of amides is 1. The normalized spacial score (nSPS) is 10.1. The van der Waals surface area contributed by atoms with Crippen LogP contribution in [0.1, 0.15) is 15.9 Å². The summed E-state index contributed by atoms with van der Waals surface area (Å²) in [4.78, 5) is 17.9. The lowest BCUT2D eigenvalue weighted by Crippen LogP contribution is -2.27. The molecule has 2 rings (SSSR count). The van der Waals surface area contributed by atoms with E-state index in [0.717, 1.165) is 11.3 Å². The van der Waals surface area contributed by atoms with Gasteiger partial charge < -0.3 is 10.6 Å². The van der Waals surface area contributed by atoms with Gasteiger partial charge in [-0.15, -0.1) is 0 Å². The van der Waals surface area contributed by atoms with Crippen molar-refractivity contribution in [3.8, 4) is 0 Å². The second kappa shape index (κ2) is 4.87. The fraction of sp³-hybridized carbons (Fsp3) is 0.143. The Morgan fingerprint density at radius 1 is 1.22 bits per heavy atom. The SMILES string of the molecule is Cc1cccc(N)c1C(=O)N(C)c1ccncc1. The number of carbonyl (C=O) groups is 1. The van der Waals surface area contributed by atoms with Crippen molar-refractivity contribution in [3.63, 3.8) is 0 Å². The van der Waals surface area contributed by atoms with Crippen LogP contribution in [0.4, 0.5) is 11.4 Å². The number of carbonyl (C=O) groups excluding carboxylic acids is 1. The molecule has 92 valence electrons. The highest BCUT2D eigenvalue weighted by atomic mass is 16.2. The van der Waals surface area contributed by atoms with E-state index in [1.54, 1.807) is 42.5 Å². The van der Waals surface area contributed by atoms with Gasteiger partial charge in [-0.3, -0.25) is 9.78 Å². The number of anilines is 2. The van der Waals surface area contributed by atoms with Crippen molar-refractivity contribution in [1.82, 2.24) is 4.98 Å². The number of nitrogen functional groups attached to an aromatic ring is 1. The molecule has 0 saturated heterocycles. The molecular weight excluding hydrogens is 226 g/mol. The van der Waals surface area contributed by atoms with E-state index in [2.05, 4.69) is 4.98 Å². The number of hydrogen-bond donors (Lipinski definition) is 1. The average Bonchev–Trinajstić information content (AvgIpc) is 2.38. The quantitative estimate of drug-likeness (QED) is 0.820. The molecule has 0 fully saturated rings. The molecule has 2 N–H and O–H groups in total. The molecule has 1 aromatic heterocycles. The van der Waals surface area contributed by atoms with Gasteiger partial charge in [-0.1, -0.05) is 12.1 Å². The summed E-state index contributed by atoms with van der Waals surface area (Å²) in [5, 5.41) is 0. The van der Waals surface area contributed by atoms with Crippen LogP contribution in [0.25, 0.3) is 0 Å². The molecule has 4 heteroatoms. The lowest BCUT2D eigenvalue weighted by molar-refractivity contribution is 0.0993. The highest BCUT2D eigenvalue weighted by Crippen LogP contribution is 2.21. The Labute approximate surface area is 106 Å². The van der Waals surface area contributed by atoms with Crippen LogP contribution in [0.2, 0.25) is 0 Å². The maximum atomic E-state index is 12.4. The molecule has 0 spiro atoms. The monoisotopic (exact) mass is 241 g/mol. The van der Waals surface area contributed by atoms with Gasteiger partial charge in [-0.25, -0.2) is 0 Å². The van der Waals surface area contributed by atoms with E-state index in [4.69, 9.17) is 5.73 Å². The first-order chi connectivity index (χ1) is 8.61. The third-order valence-electron chi connectivity index (χ3n) is 2.87. The van der Waals surface area contributed by atoms with Crippen LogP contribution in [0.5, 0.6) is 0 Å². The molecular formula is C14H15N3O. The van der Waals surface area contributed by atoms with Gasteiger partial charge >= 0.3 is 0 Å². The second-order valence-electron chi connectivity index (χ2n) is 4.11. The summed E-state index contributed by atoms with van der Waals surface area (Å²) in [6, 6.07) is 9.03. The number of rotatable bonds is 2. The average molecular weight is 241 g/mol. The summed E-state index contributed by atoms with van der Waals surface area (Å²) in [7, 11) is 1.73. The number of hydrogen-bond acceptors (Lipinski definition) is 3. The molecule has 0 aliphatic carbocycles. The highest BCUT2D eigenvalue weighted by molar-refractivity contribution is 6.09. The highest BCUT2D eigenvalue weighted by Gasteiger charge is 2.17. The van der Waals surface area contributed by atoms with Gasteiger partial charge in [0.05, 0.1) is 5.56 Å². The van der Waals surface area contributed by atoms with Crippen LogP contribution in [0.15, 0.2) is 42.7 Å². The van der Waals surface area contributed by atoms with Crippen molar-refractivity contribution < 1.29 is 4.79 Å². The first-order valence-corrected chi connectivity index (χ1v) is 5.64. The smallest absolute Gasteiger partial charge is 0.260 e. The fourth-order valence-corrected chi connectivity index (χ4v) is 1.84. The maximum absolute atomic E-state index is 12.4. The molecule has 1 amide bonds. The molecule has 0 aliphatic heterocycles. The Bertz CT molecular complexity index is 546.